The molecule has 0 spiro atoms. The maximum Gasteiger partial charge on any atom is 0.356 e. The van der Waals surface area contributed by atoms with Gasteiger partial charge in [0.25, 0.3) is 11.8 Å². The van der Waals surface area contributed by atoms with E-state index >= 15 is 0 Å². The van der Waals surface area contributed by atoms with Crippen LogP contribution in [0.2, 0.25) is 0 Å². The molecule has 0 saturated carbocycles. The van der Waals surface area contributed by atoms with Crippen molar-refractivity contribution in [3.8, 4) is 0 Å². The molecule has 2 aliphatic rings. The zero-order chi connectivity index (χ0) is 41.5. The number of esters is 1. The highest BCUT2D eigenvalue weighted by molar-refractivity contribution is 7.14. The van der Waals surface area contributed by atoms with E-state index in [-0.39, 0.29) is 35.7 Å². The van der Waals surface area contributed by atoms with Crippen LogP contribution in [0.25, 0.3) is 0 Å². The number of carbonyl (C=O) groups is 4. The predicted molar refractivity (Wildman–Crippen MR) is 226 cm³/mol. The Hall–Kier alpha value is -7.22. The first-order valence-electron chi connectivity index (χ1n) is 19.2. The van der Waals surface area contributed by atoms with Crippen molar-refractivity contribution in [1.29, 1.82) is 0 Å². The number of amides is 2. The molecule has 2 atom stereocenters. The van der Waals surface area contributed by atoms with E-state index in [1.165, 1.54) is 18.4 Å². The third-order valence-corrected chi connectivity index (χ3v) is 11.1. The number of fused-ring (bicyclic) bond motifs is 1. The molecular formula is C47H39N5O7S. The average molecular weight is 818 g/mol. The van der Waals surface area contributed by atoms with Gasteiger partial charge in [-0.25, -0.2) is 9.78 Å². The molecule has 12 nitrogen and oxygen atoms in total. The number of nitrogens with one attached hydrogen (secondary N) is 2. The van der Waals surface area contributed by atoms with Gasteiger partial charge < -0.3 is 29.7 Å². The summed E-state index contributed by atoms with van der Waals surface area (Å²) in [6.07, 6.45) is -1.40. The van der Waals surface area contributed by atoms with E-state index in [0.29, 0.717) is 11.4 Å². The predicted octanol–water partition coefficient (Wildman–Crippen LogP) is 6.76. The second-order valence-corrected chi connectivity index (χ2v) is 14.8. The maximum absolute atomic E-state index is 14.1. The lowest BCUT2D eigenvalue weighted by Gasteiger charge is -2.49. The van der Waals surface area contributed by atoms with E-state index in [9.17, 15) is 19.2 Å². The Kier molecular flexibility index (Phi) is 11.7. The van der Waals surface area contributed by atoms with Crippen molar-refractivity contribution in [2.45, 2.75) is 30.3 Å². The van der Waals surface area contributed by atoms with Gasteiger partial charge in [-0.2, -0.15) is 0 Å². The van der Waals surface area contributed by atoms with Crippen LogP contribution in [-0.4, -0.2) is 65.7 Å². The van der Waals surface area contributed by atoms with Crippen molar-refractivity contribution in [2.24, 2.45) is 5.16 Å². The van der Waals surface area contributed by atoms with Gasteiger partial charge >= 0.3 is 5.97 Å². The smallest absolute Gasteiger partial charge is 0.356 e. The van der Waals surface area contributed by atoms with Crippen LogP contribution in [0.4, 0.5) is 5.13 Å². The summed E-state index contributed by atoms with van der Waals surface area (Å²) in [4.78, 5) is 64.8. The zero-order valence-corrected chi connectivity index (χ0v) is 33.2. The van der Waals surface area contributed by atoms with Gasteiger partial charge in [-0.3, -0.25) is 14.5 Å². The van der Waals surface area contributed by atoms with Gasteiger partial charge in [0.1, 0.15) is 30.3 Å². The molecule has 2 N–H and O–H groups in total. The Morgan fingerprint density at radius 1 is 0.850 bits per heavy atom. The number of hydrogen-bond donors (Lipinski definition) is 2. The number of hydrogen-bond acceptors (Lipinski definition) is 11. The number of rotatable bonds is 15. The van der Waals surface area contributed by atoms with Crippen molar-refractivity contribution in [1.82, 2.24) is 15.2 Å². The number of thiazole rings is 1. The molecule has 2 aliphatic heterocycles. The van der Waals surface area contributed by atoms with E-state index in [1.54, 1.807) is 5.38 Å². The Morgan fingerprint density at radius 3 is 1.87 bits per heavy atom. The van der Waals surface area contributed by atoms with E-state index in [0.717, 1.165) is 32.7 Å². The number of aldehydes is 1. The summed E-state index contributed by atoms with van der Waals surface area (Å²) >= 11 is 1.27. The first-order chi connectivity index (χ1) is 29.4. The number of aromatic nitrogens is 1. The molecule has 0 bridgehead atoms. The van der Waals surface area contributed by atoms with Gasteiger partial charge in [0.15, 0.2) is 29.2 Å². The molecule has 0 radical (unpaired) electrons. The minimum atomic E-state index is -1.20. The van der Waals surface area contributed by atoms with Crippen LogP contribution >= 0.6 is 11.3 Å². The average Bonchev–Trinajstić information content (AvgIpc) is 3.77. The molecule has 60 heavy (non-hydrogen) atoms. The fraction of sp³-hybridized carbons (Fsp3) is 0.149. The van der Waals surface area contributed by atoms with Crippen LogP contribution < -0.4 is 10.6 Å². The van der Waals surface area contributed by atoms with Crippen LogP contribution in [-0.2, 0) is 39.0 Å². The van der Waals surface area contributed by atoms with Crippen LogP contribution in [0.15, 0.2) is 173 Å². The van der Waals surface area contributed by atoms with Crippen molar-refractivity contribution in [3.63, 3.8) is 0 Å². The molecule has 1 saturated heterocycles. The van der Waals surface area contributed by atoms with Gasteiger partial charge in [-0.05, 0) is 33.4 Å². The molecule has 0 aliphatic carbocycles. The van der Waals surface area contributed by atoms with Crippen LogP contribution in [0, 0.1) is 0 Å². The lowest BCUT2D eigenvalue weighted by Crippen LogP contribution is -2.73. The molecule has 2 unspecified atom stereocenters. The second kappa shape index (κ2) is 17.7. The molecule has 300 valence electrons. The summed E-state index contributed by atoms with van der Waals surface area (Å²) in [5.41, 5.74) is 3.66. The number of benzene rings is 5. The van der Waals surface area contributed by atoms with E-state index in [1.807, 2.05) is 152 Å². The lowest BCUT2D eigenvalue weighted by molar-refractivity contribution is -0.186. The minimum absolute atomic E-state index is 0.0922. The van der Waals surface area contributed by atoms with Gasteiger partial charge in [0, 0.05) is 11.8 Å². The molecule has 13 heteroatoms. The van der Waals surface area contributed by atoms with Crippen LogP contribution in [0.3, 0.4) is 0 Å². The van der Waals surface area contributed by atoms with Crippen LogP contribution in [0.5, 0.6) is 0 Å². The zero-order valence-electron chi connectivity index (χ0n) is 32.3. The first-order valence-corrected chi connectivity index (χ1v) is 20.0. The van der Waals surface area contributed by atoms with Gasteiger partial charge in [-0.15, -0.1) is 11.3 Å². The highest BCUT2D eigenvalue weighted by Gasteiger charge is 2.55. The number of β-lactam (4-membered cyclic amide) rings is 1. The van der Waals surface area contributed by atoms with Gasteiger partial charge in [-0.1, -0.05) is 157 Å². The molecule has 1 aromatic heterocycles. The summed E-state index contributed by atoms with van der Waals surface area (Å²) < 4.78 is 12.1. The van der Waals surface area contributed by atoms with Crippen LogP contribution in [0.1, 0.15) is 46.0 Å². The Balaban J connectivity index is 1.04. The summed E-state index contributed by atoms with van der Waals surface area (Å²) in [5.74, 6) is -2.19. The summed E-state index contributed by atoms with van der Waals surface area (Å²) in [6, 6.07) is 47.3. The number of carbonyl (C=O) groups excluding carboxylic acids is 4. The minimum Gasteiger partial charge on any atom is -0.448 e. The molecule has 2 amide bonds. The summed E-state index contributed by atoms with van der Waals surface area (Å²) in [7, 11) is 1.31. The van der Waals surface area contributed by atoms with E-state index < -0.39 is 41.7 Å². The monoisotopic (exact) mass is 817 g/mol. The number of nitrogens with zero attached hydrogens (tertiary/aromatic N) is 3. The lowest BCUT2D eigenvalue weighted by atomic mass is 9.77. The summed E-state index contributed by atoms with van der Waals surface area (Å²) in [5, 5.41) is 12.6. The Labute approximate surface area is 350 Å². The molecule has 8 rings (SSSR count). The van der Waals surface area contributed by atoms with Crippen molar-refractivity contribution in [2.75, 3.05) is 19.0 Å². The van der Waals surface area contributed by atoms with Gasteiger partial charge in [0.05, 0.1) is 6.61 Å². The third kappa shape index (κ3) is 7.71. The third-order valence-electron chi connectivity index (χ3n) is 10.3. The SMILES string of the molecule is CO/N=C(/C(=O)NC1C(=O)N2C(C(=O)OC(c3ccccc3)c3ccccc3)=C(CC=O)COC12)c1csc(NC(c2ccccc2)(c2ccccc2)c2ccccc2)n1. The fourth-order valence-electron chi connectivity index (χ4n) is 7.56. The topological polar surface area (TPSA) is 149 Å². The number of anilines is 1. The maximum atomic E-state index is 14.1. The molecule has 5 aromatic carbocycles. The molecule has 1 fully saturated rings. The summed E-state index contributed by atoms with van der Waals surface area (Å²) in [6.45, 7) is -0.141. The number of ether oxygens (including phenoxy) is 2. The normalized spacial score (nSPS) is 16.4. The highest BCUT2D eigenvalue weighted by Crippen LogP contribution is 2.41. The Bertz CT molecular complexity index is 2400. The highest BCUT2D eigenvalue weighted by atomic mass is 32.1. The molecule has 3 heterocycles. The van der Waals surface area contributed by atoms with Crippen molar-refractivity contribution in [3.05, 3.63) is 202 Å². The second-order valence-electron chi connectivity index (χ2n) is 13.9. The molecular weight excluding hydrogens is 779 g/mol. The quantitative estimate of drug-likeness (QED) is 0.0287. The molecule has 6 aromatic rings. The first kappa shape index (κ1) is 39.6. The van der Waals surface area contributed by atoms with Crippen molar-refractivity contribution >= 4 is 46.2 Å². The fourth-order valence-corrected chi connectivity index (χ4v) is 8.31. The van der Waals surface area contributed by atoms with Gasteiger partial charge in [0.2, 0.25) is 0 Å². The number of oxime groups is 1. The van der Waals surface area contributed by atoms with E-state index in [2.05, 4.69) is 15.8 Å². The van der Waals surface area contributed by atoms with Crippen molar-refractivity contribution < 1.29 is 33.5 Å². The van der Waals surface area contributed by atoms with E-state index in [4.69, 9.17) is 19.3 Å². The Morgan fingerprint density at radius 2 is 1.37 bits per heavy atom. The standard InChI is InChI=1S/C47H39N5O7S/c1-57-51-38(37-30-60-46(48-37)50-47(34-21-11-4-12-22-34,35-23-13-5-14-24-35)36-25-15-6-16-26-36)42(54)49-39-43(55)52-40(33(27-28-53)29-58-44(39)52)45(56)59-41(31-17-7-2-8-18-31)32-19-9-3-10-20-32/h2-26,28,30,39,41,44H,27,29H2,1H3,(H,48,50)(H,49,54)/b51-38+. The largest absolute Gasteiger partial charge is 0.448 e.